The van der Waals surface area contributed by atoms with Gasteiger partial charge in [-0.3, -0.25) is 0 Å². The van der Waals surface area contributed by atoms with Crippen LogP contribution in [0.15, 0.2) is 0 Å². The first-order valence-corrected chi connectivity index (χ1v) is 2.34. The fraction of sp³-hybridized carbons (Fsp3) is 1.00. The first kappa shape index (κ1) is 5.13. The molecule has 0 bridgehead atoms. The van der Waals surface area contributed by atoms with Crippen LogP contribution in [0.1, 0.15) is 6.42 Å². The van der Waals surface area contributed by atoms with Gasteiger partial charge in [0.25, 0.3) is 0 Å². The fourth-order valence-corrected chi connectivity index (χ4v) is 0.639. The molecule has 0 aliphatic carbocycles. The number of ether oxygens (including phenoxy) is 1. The van der Waals surface area contributed by atoms with E-state index < -0.39 is 0 Å². The lowest BCUT2D eigenvalue weighted by Gasteiger charge is -1.94. The largest absolute Gasteiger partial charge is 0.391 e. The number of hydrogen-bond donors (Lipinski definition) is 1. The zero-order valence-electron chi connectivity index (χ0n) is 4.00. The SMILES string of the molecule is [B][C@H]1CC(O)CO1. The van der Waals surface area contributed by atoms with Gasteiger partial charge >= 0.3 is 0 Å². The summed E-state index contributed by atoms with van der Waals surface area (Å²) in [6.07, 6.45) is 0.259. The maximum atomic E-state index is 8.69. The van der Waals surface area contributed by atoms with Crippen LogP contribution in [0.2, 0.25) is 0 Å². The summed E-state index contributed by atoms with van der Waals surface area (Å²) >= 11 is 0. The van der Waals surface area contributed by atoms with Crippen LogP contribution in [0.4, 0.5) is 0 Å². The predicted octanol–water partition coefficient (Wildman–Crippen LogP) is -0.738. The topological polar surface area (TPSA) is 29.5 Å². The highest BCUT2D eigenvalue weighted by atomic mass is 16.5. The van der Waals surface area contributed by atoms with Gasteiger partial charge in [-0.2, -0.15) is 0 Å². The first-order valence-electron chi connectivity index (χ1n) is 2.34. The maximum Gasteiger partial charge on any atom is 0.109 e. The second-order valence-electron chi connectivity index (χ2n) is 1.76. The molecular weight excluding hydrogens is 90.9 g/mol. The van der Waals surface area contributed by atoms with Crippen LogP contribution < -0.4 is 0 Å². The Bertz CT molecular complexity index is 58.7. The molecule has 0 aromatic rings. The van der Waals surface area contributed by atoms with Crippen LogP contribution in [-0.2, 0) is 4.74 Å². The lowest BCUT2D eigenvalue weighted by molar-refractivity contribution is 0.117. The summed E-state index contributed by atoms with van der Waals surface area (Å²) in [5, 5.41) is 8.69. The van der Waals surface area contributed by atoms with Crippen molar-refractivity contribution in [3.63, 3.8) is 0 Å². The van der Waals surface area contributed by atoms with Crippen LogP contribution in [-0.4, -0.2) is 31.7 Å². The second-order valence-corrected chi connectivity index (χ2v) is 1.76. The van der Waals surface area contributed by atoms with E-state index in [2.05, 4.69) is 0 Å². The molecule has 0 saturated carbocycles. The maximum absolute atomic E-state index is 8.69. The highest BCUT2D eigenvalue weighted by Gasteiger charge is 2.17. The molecule has 7 heavy (non-hydrogen) atoms. The van der Waals surface area contributed by atoms with E-state index in [-0.39, 0.29) is 12.1 Å². The second kappa shape index (κ2) is 1.84. The summed E-state index contributed by atoms with van der Waals surface area (Å²) < 4.78 is 4.79. The normalized spacial score (nSPS) is 41.9. The van der Waals surface area contributed by atoms with Crippen molar-refractivity contribution in [3.8, 4) is 0 Å². The molecule has 1 N–H and O–H groups in total. The van der Waals surface area contributed by atoms with E-state index in [1.807, 2.05) is 0 Å². The highest BCUT2D eigenvalue weighted by molar-refractivity contribution is 6.11. The van der Waals surface area contributed by atoms with Gasteiger partial charge in [-0.05, 0) is 6.42 Å². The monoisotopic (exact) mass is 98.1 g/mol. The third kappa shape index (κ3) is 1.18. The molecule has 2 radical (unpaired) electrons. The standard InChI is InChI=1S/C4H7BO2/c5-4-1-3(6)2-7-4/h3-4,6H,1-2H2/t3?,4-/m1/s1. The number of hydrogen-bond acceptors (Lipinski definition) is 2. The van der Waals surface area contributed by atoms with Crippen LogP contribution in [0, 0.1) is 0 Å². The Labute approximate surface area is 43.9 Å². The fourth-order valence-electron chi connectivity index (χ4n) is 0.639. The van der Waals surface area contributed by atoms with E-state index in [0.29, 0.717) is 13.0 Å². The molecule has 1 aliphatic rings. The highest BCUT2D eigenvalue weighted by Crippen LogP contribution is 2.08. The van der Waals surface area contributed by atoms with Crippen LogP contribution in [0.5, 0.6) is 0 Å². The summed E-state index contributed by atoms with van der Waals surface area (Å²) in [5.41, 5.74) is 0. The molecular formula is C4H7BO2. The molecule has 3 heteroatoms. The van der Waals surface area contributed by atoms with Crippen LogP contribution in [0.3, 0.4) is 0 Å². The van der Waals surface area contributed by atoms with E-state index in [9.17, 15) is 0 Å². The van der Waals surface area contributed by atoms with Crippen molar-refractivity contribution < 1.29 is 9.84 Å². The molecule has 1 aliphatic heterocycles. The van der Waals surface area contributed by atoms with Gasteiger partial charge in [-0.15, -0.1) is 0 Å². The van der Waals surface area contributed by atoms with E-state index in [1.165, 1.54) is 0 Å². The molecule has 1 heterocycles. The van der Waals surface area contributed by atoms with Gasteiger partial charge in [-0.25, -0.2) is 0 Å². The summed E-state index contributed by atoms with van der Waals surface area (Å²) in [5.74, 6) is 0. The van der Waals surface area contributed by atoms with Crippen molar-refractivity contribution in [1.82, 2.24) is 0 Å². The van der Waals surface area contributed by atoms with E-state index >= 15 is 0 Å². The lowest BCUT2D eigenvalue weighted by atomic mass is 9.97. The molecule has 0 spiro atoms. The van der Waals surface area contributed by atoms with Gasteiger partial charge in [0, 0.05) is 6.00 Å². The molecule has 0 aromatic heterocycles. The van der Waals surface area contributed by atoms with Gasteiger partial charge in [0.15, 0.2) is 0 Å². The van der Waals surface area contributed by atoms with Crippen molar-refractivity contribution in [3.05, 3.63) is 0 Å². The van der Waals surface area contributed by atoms with Crippen molar-refractivity contribution in [2.75, 3.05) is 6.61 Å². The van der Waals surface area contributed by atoms with Gasteiger partial charge in [0.2, 0.25) is 0 Å². The molecule has 0 aromatic carbocycles. The van der Waals surface area contributed by atoms with E-state index in [0.717, 1.165) is 0 Å². The Balaban J connectivity index is 2.26. The Morgan fingerprint density at radius 1 is 1.71 bits per heavy atom. The Kier molecular flexibility index (Phi) is 1.35. The number of aliphatic hydroxyl groups excluding tert-OH is 1. The van der Waals surface area contributed by atoms with Gasteiger partial charge in [0.05, 0.1) is 12.7 Å². The molecule has 2 atom stereocenters. The van der Waals surface area contributed by atoms with E-state index in [1.54, 1.807) is 0 Å². The average Bonchev–Trinajstić information content (AvgIpc) is 1.87. The molecule has 1 rings (SSSR count). The molecule has 1 fully saturated rings. The molecule has 1 saturated heterocycles. The molecule has 2 nitrogen and oxygen atoms in total. The number of aliphatic hydroxyl groups is 1. The first-order chi connectivity index (χ1) is 3.29. The third-order valence-corrected chi connectivity index (χ3v) is 1.01. The Morgan fingerprint density at radius 3 is 2.57 bits per heavy atom. The van der Waals surface area contributed by atoms with Crippen molar-refractivity contribution in [1.29, 1.82) is 0 Å². The van der Waals surface area contributed by atoms with Gasteiger partial charge < -0.3 is 9.84 Å². The summed E-state index contributed by atoms with van der Waals surface area (Å²) in [4.78, 5) is 0. The minimum Gasteiger partial charge on any atom is -0.391 e. The smallest absolute Gasteiger partial charge is 0.109 e. The van der Waals surface area contributed by atoms with Crippen LogP contribution in [0.25, 0.3) is 0 Å². The Morgan fingerprint density at radius 2 is 2.43 bits per heavy atom. The predicted molar refractivity (Wildman–Crippen MR) is 26.1 cm³/mol. The number of rotatable bonds is 0. The quantitative estimate of drug-likeness (QED) is 0.404. The minimum atomic E-state index is -0.324. The Hall–Kier alpha value is -0.0151. The molecule has 0 amide bonds. The third-order valence-electron chi connectivity index (χ3n) is 1.01. The van der Waals surface area contributed by atoms with Gasteiger partial charge in [-0.1, -0.05) is 0 Å². The summed E-state index contributed by atoms with van der Waals surface area (Å²) in [6, 6.07) is -0.227. The van der Waals surface area contributed by atoms with Crippen LogP contribution >= 0.6 is 0 Å². The molecule has 1 unspecified atom stereocenters. The molecule has 38 valence electrons. The van der Waals surface area contributed by atoms with Gasteiger partial charge in [0.1, 0.15) is 7.85 Å². The average molecular weight is 97.9 g/mol. The lowest BCUT2D eigenvalue weighted by Crippen LogP contribution is -2.05. The summed E-state index contributed by atoms with van der Waals surface area (Å²) in [6.45, 7) is 0.404. The zero-order chi connectivity index (χ0) is 5.28. The van der Waals surface area contributed by atoms with E-state index in [4.69, 9.17) is 17.7 Å². The van der Waals surface area contributed by atoms with Crippen molar-refractivity contribution in [2.24, 2.45) is 0 Å². The zero-order valence-corrected chi connectivity index (χ0v) is 4.00. The summed E-state index contributed by atoms with van der Waals surface area (Å²) in [7, 11) is 5.24. The van der Waals surface area contributed by atoms with Crippen molar-refractivity contribution >= 4 is 7.85 Å². The van der Waals surface area contributed by atoms with Crippen molar-refractivity contribution in [2.45, 2.75) is 18.5 Å². The minimum absolute atomic E-state index is 0.227.